The number of thioether (sulfide) groups is 1. The van der Waals surface area contributed by atoms with Gasteiger partial charge in [-0.15, -0.1) is 23.1 Å². The summed E-state index contributed by atoms with van der Waals surface area (Å²) in [7, 11) is 0. The van der Waals surface area contributed by atoms with Crippen molar-refractivity contribution in [2.24, 2.45) is 0 Å². The van der Waals surface area contributed by atoms with Crippen LogP contribution in [0.3, 0.4) is 0 Å². The number of hydrogen-bond donors (Lipinski definition) is 1. The lowest BCUT2D eigenvalue weighted by Crippen LogP contribution is -2.41. The van der Waals surface area contributed by atoms with Crippen LogP contribution in [0.5, 0.6) is 0 Å². The van der Waals surface area contributed by atoms with Crippen molar-refractivity contribution in [3.63, 3.8) is 0 Å². The normalized spacial score (nSPS) is 24.7. The maximum atomic E-state index is 11.5. The monoisotopic (exact) mass is 257 g/mol. The largest absolute Gasteiger partial charge is 0.480 e. The molecule has 86 valence electrons. The molecule has 1 fully saturated rings. The van der Waals surface area contributed by atoms with Gasteiger partial charge in [-0.05, 0) is 11.4 Å². The molecule has 1 aliphatic heterocycles. The second-order valence-electron chi connectivity index (χ2n) is 3.48. The highest BCUT2D eigenvalue weighted by Crippen LogP contribution is 2.42. The number of aliphatic carboxylic acids is 1. The quantitative estimate of drug-likeness (QED) is 0.877. The van der Waals surface area contributed by atoms with E-state index in [-0.39, 0.29) is 11.3 Å². The van der Waals surface area contributed by atoms with Crippen molar-refractivity contribution in [3.05, 3.63) is 22.4 Å². The van der Waals surface area contributed by atoms with Gasteiger partial charge < -0.3 is 10.0 Å². The second-order valence-corrected chi connectivity index (χ2v) is 5.57. The predicted molar refractivity (Wildman–Crippen MR) is 63.5 cm³/mol. The van der Waals surface area contributed by atoms with E-state index in [1.807, 2.05) is 17.5 Å². The first-order valence-electron chi connectivity index (χ1n) is 4.78. The van der Waals surface area contributed by atoms with Crippen molar-refractivity contribution in [1.29, 1.82) is 0 Å². The molecule has 16 heavy (non-hydrogen) atoms. The van der Waals surface area contributed by atoms with Crippen LogP contribution in [0.4, 0.5) is 0 Å². The van der Waals surface area contributed by atoms with E-state index < -0.39 is 12.0 Å². The Hall–Kier alpha value is -1.01. The number of carboxylic acid groups (broad SMARTS) is 1. The summed E-state index contributed by atoms with van der Waals surface area (Å²) in [5.41, 5.74) is 0. The molecule has 0 radical (unpaired) electrons. The third-order valence-corrected chi connectivity index (χ3v) is 4.81. The second kappa shape index (κ2) is 4.47. The van der Waals surface area contributed by atoms with Crippen molar-refractivity contribution in [2.45, 2.75) is 18.3 Å². The summed E-state index contributed by atoms with van der Waals surface area (Å²) in [6.07, 6.45) is 0. The molecule has 1 aromatic rings. The highest BCUT2D eigenvalue weighted by molar-refractivity contribution is 7.99. The first kappa shape index (κ1) is 11.5. The average molecular weight is 257 g/mol. The van der Waals surface area contributed by atoms with E-state index in [0.29, 0.717) is 5.75 Å². The Bertz CT molecular complexity index is 404. The van der Waals surface area contributed by atoms with Crippen molar-refractivity contribution < 1.29 is 14.7 Å². The molecule has 2 rings (SSSR count). The first-order chi connectivity index (χ1) is 7.61. The molecule has 2 heterocycles. The number of carboxylic acids is 1. The molecule has 1 amide bonds. The zero-order valence-electron chi connectivity index (χ0n) is 8.62. The molecular formula is C10H11NO3S2. The summed E-state index contributed by atoms with van der Waals surface area (Å²) in [4.78, 5) is 25.0. The van der Waals surface area contributed by atoms with Crippen molar-refractivity contribution in [1.82, 2.24) is 4.90 Å². The zero-order chi connectivity index (χ0) is 11.7. The number of nitrogens with zero attached hydrogens (tertiary/aromatic N) is 1. The Morgan fingerprint density at radius 2 is 2.31 bits per heavy atom. The van der Waals surface area contributed by atoms with Gasteiger partial charge in [-0.25, -0.2) is 4.79 Å². The number of carbonyl (C=O) groups is 2. The fourth-order valence-electron chi connectivity index (χ4n) is 1.73. The van der Waals surface area contributed by atoms with Gasteiger partial charge in [-0.1, -0.05) is 6.07 Å². The molecule has 0 aliphatic carbocycles. The van der Waals surface area contributed by atoms with E-state index in [4.69, 9.17) is 5.11 Å². The topological polar surface area (TPSA) is 57.6 Å². The van der Waals surface area contributed by atoms with Crippen molar-refractivity contribution in [2.75, 3.05) is 5.75 Å². The number of rotatable bonds is 2. The van der Waals surface area contributed by atoms with Crippen LogP contribution in [0.1, 0.15) is 17.2 Å². The molecule has 0 saturated carbocycles. The van der Waals surface area contributed by atoms with Gasteiger partial charge in [0.05, 0.1) is 0 Å². The molecule has 2 atom stereocenters. The van der Waals surface area contributed by atoms with Crippen molar-refractivity contribution >= 4 is 35.0 Å². The van der Waals surface area contributed by atoms with Gasteiger partial charge in [-0.3, -0.25) is 4.79 Å². The average Bonchev–Trinajstić information content (AvgIpc) is 2.85. The minimum absolute atomic E-state index is 0.140. The van der Waals surface area contributed by atoms with Crippen LogP contribution in [0.25, 0.3) is 0 Å². The lowest BCUT2D eigenvalue weighted by atomic mass is 10.2. The molecular weight excluding hydrogens is 246 g/mol. The molecule has 1 aromatic heterocycles. The summed E-state index contributed by atoms with van der Waals surface area (Å²) < 4.78 is 0. The lowest BCUT2D eigenvalue weighted by Gasteiger charge is -2.25. The minimum Gasteiger partial charge on any atom is -0.480 e. The van der Waals surface area contributed by atoms with Crippen LogP contribution in [0, 0.1) is 0 Å². The van der Waals surface area contributed by atoms with Gasteiger partial charge in [0.25, 0.3) is 0 Å². The standard InChI is InChI=1S/C10H11NO3S2/c1-6(12)11-7(10(13)14)5-16-9(11)8-3-2-4-15-8/h2-4,7,9H,5H2,1H3,(H,13,14)/t7-,9+/m0/s1. The SMILES string of the molecule is CC(=O)N1[C@@H](c2cccs2)SC[C@H]1C(=O)O. The summed E-state index contributed by atoms with van der Waals surface area (Å²) in [6, 6.07) is 3.14. The smallest absolute Gasteiger partial charge is 0.327 e. The zero-order valence-corrected chi connectivity index (χ0v) is 10.3. The van der Waals surface area contributed by atoms with Crippen LogP contribution < -0.4 is 0 Å². The Labute approximate surface area is 101 Å². The summed E-state index contributed by atoms with van der Waals surface area (Å²) in [5.74, 6) is -0.658. The molecule has 0 unspecified atom stereocenters. The van der Waals surface area contributed by atoms with Crippen LogP contribution in [-0.4, -0.2) is 33.7 Å². The number of thiophene rings is 1. The molecule has 1 N–H and O–H groups in total. The van der Waals surface area contributed by atoms with Gasteiger partial charge >= 0.3 is 5.97 Å². The van der Waals surface area contributed by atoms with E-state index in [9.17, 15) is 9.59 Å². The first-order valence-corrected chi connectivity index (χ1v) is 6.71. The van der Waals surface area contributed by atoms with Crippen molar-refractivity contribution in [3.8, 4) is 0 Å². The molecule has 0 spiro atoms. The van der Waals surface area contributed by atoms with E-state index >= 15 is 0 Å². The Morgan fingerprint density at radius 3 is 2.81 bits per heavy atom. The van der Waals surface area contributed by atoms with Crippen LogP contribution >= 0.6 is 23.1 Å². The fourth-order valence-corrected chi connectivity index (χ4v) is 4.17. The maximum absolute atomic E-state index is 11.5. The Morgan fingerprint density at radius 1 is 1.56 bits per heavy atom. The minimum atomic E-state index is -0.929. The Kier molecular flexibility index (Phi) is 3.20. The van der Waals surface area contributed by atoms with Crippen LogP contribution in [0.2, 0.25) is 0 Å². The fraction of sp³-hybridized carbons (Fsp3) is 0.400. The van der Waals surface area contributed by atoms with Gasteiger partial charge in [-0.2, -0.15) is 0 Å². The predicted octanol–water partition coefficient (Wildman–Crippen LogP) is 1.80. The van der Waals surface area contributed by atoms with Gasteiger partial charge in [0.2, 0.25) is 5.91 Å². The number of hydrogen-bond acceptors (Lipinski definition) is 4. The highest BCUT2D eigenvalue weighted by Gasteiger charge is 2.41. The molecule has 6 heteroatoms. The van der Waals surface area contributed by atoms with Gasteiger partial charge in [0.1, 0.15) is 11.4 Å². The summed E-state index contributed by atoms with van der Waals surface area (Å²) >= 11 is 3.06. The molecule has 4 nitrogen and oxygen atoms in total. The van der Waals surface area contributed by atoms with Crippen LogP contribution in [-0.2, 0) is 9.59 Å². The van der Waals surface area contributed by atoms with Gasteiger partial charge in [0, 0.05) is 17.6 Å². The summed E-state index contributed by atoms with van der Waals surface area (Å²) in [6.45, 7) is 1.42. The molecule has 1 saturated heterocycles. The maximum Gasteiger partial charge on any atom is 0.327 e. The Balaban J connectivity index is 2.28. The summed E-state index contributed by atoms with van der Waals surface area (Å²) in [5, 5.41) is 10.8. The highest BCUT2D eigenvalue weighted by atomic mass is 32.2. The molecule has 0 bridgehead atoms. The van der Waals surface area contributed by atoms with Gasteiger partial charge in [0.15, 0.2) is 0 Å². The third-order valence-electron chi connectivity index (χ3n) is 2.44. The lowest BCUT2D eigenvalue weighted by molar-refractivity contribution is -0.148. The molecule has 1 aliphatic rings. The molecule has 0 aromatic carbocycles. The van der Waals surface area contributed by atoms with E-state index in [2.05, 4.69) is 0 Å². The third kappa shape index (κ3) is 1.94. The number of amides is 1. The number of carbonyl (C=O) groups excluding carboxylic acids is 1. The van der Waals surface area contributed by atoms with Crippen LogP contribution in [0.15, 0.2) is 17.5 Å². The van der Waals surface area contributed by atoms with E-state index in [1.54, 1.807) is 11.3 Å². The van der Waals surface area contributed by atoms with E-state index in [0.717, 1.165) is 4.88 Å². The van der Waals surface area contributed by atoms with E-state index in [1.165, 1.54) is 23.6 Å².